The molecule has 1 fully saturated rings. The monoisotopic (exact) mass is 369 g/mol. The second-order valence-electron chi connectivity index (χ2n) is 6.23. The quantitative estimate of drug-likeness (QED) is 0.742. The maximum absolute atomic E-state index is 12.8. The third-order valence-corrected chi connectivity index (χ3v) is 5.52. The molecular formula is C19H19N3O3S. The van der Waals surface area contributed by atoms with E-state index < -0.39 is 0 Å². The molecular weight excluding hydrogens is 350 g/mol. The van der Waals surface area contributed by atoms with Crippen LogP contribution in [-0.4, -0.2) is 29.3 Å². The molecule has 1 amide bonds. The molecule has 1 aliphatic heterocycles. The van der Waals surface area contributed by atoms with Crippen LogP contribution in [0.1, 0.15) is 34.2 Å². The number of hydrogen-bond donors (Lipinski definition) is 1. The summed E-state index contributed by atoms with van der Waals surface area (Å²) in [6.45, 7) is 1.47. The van der Waals surface area contributed by atoms with Crippen LogP contribution < -0.4 is 5.32 Å². The van der Waals surface area contributed by atoms with Crippen molar-refractivity contribution in [2.45, 2.75) is 18.9 Å². The Kier molecular flexibility index (Phi) is 5.08. The molecule has 3 aromatic rings. The first-order valence-corrected chi connectivity index (χ1v) is 9.48. The molecule has 4 heterocycles. The molecule has 3 aromatic heterocycles. The molecule has 0 saturated carbocycles. The van der Waals surface area contributed by atoms with Crippen molar-refractivity contribution in [2.24, 2.45) is 5.92 Å². The normalized spacial score (nSPS) is 16.3. The highest BCUT2D eigenvalue weighted by Crippen LogP contribution is 2.33. The van der Waals surface area contributed by atoms with Gasteiger partial charge in [0.15, 0.2) is 11.5 Å². The van der Waals surface area contributed by atoms with E-state index in [2.05, 4.69) is 21.5 Å². The number of thiophene rings is 1. The Labute approximate surface area is 155 Å². The summed E-state index contributed by atoms with van der Waals surface area (Å²) in [4.78, 5) is 18.0. The van der Waals surface area contributed by atoms with Gasteiger partial charge in [0.25, 0.3) is 5.91 Å². The van der Waals surface area contributed by atoms with E-state index in [1.165, 1.54) is 0 Å². The summed E-state index contributed by atoms with van der Waals surface area (Å²) in [6, 6.07) is 9.37. The number of nitrogens with one attached hydrogen (secondary N) is 1. The molecule has 0 spiro atoms. The molecule has 7 heteroatoms. The number of nitrogens with zero attached hydrogens (tertiary/aromatic N) is 2. The average molecular weight is 369 g/mol. The Hall–Kier alpha value is -2.51. The van der Waals surface area contributed by atoms with Crippen molar-refractivity contribution in [2.75, 3.05) is 13.2 Å². The van der Waals surface area contributed by atoms with Crippen LogP contribution in [0.2, 0.25) is 0 Å². The number of aromatic nitrogens is 2. The Bertz CT molecular complexity index is 842. The lowest BCUT2D eigenvalue weighted by Gasteiger charge is -2.30. The summed E-state index contributed by atoms with van der Waals surface area (Å²) in [5.41, 5.74) is 1.07. The third-order valence-electron chi connectivity index (χ3n) is 4.56. The first kappa shape index (κ1) is 16.9. The Morgan fingerprint density at radius 2 is 2.15 bits per heavy atom. The number of rotatable bonds is 5. The number of ether oxygens (including phenoxy) is 1. The van der Waals surface area contributed by atoms with E-state index in [0.717, 1.165) is 36.5 Å². The SMILES string of the molecule is O=C(NC(c1cccs1)C1CCOCC1)c1cc(-c2cccnc2)on1. The Morgan fingerprint density at radius 1 is 1.27 bits per heavy atom. The predicted octanol–water partition coefficient (Wildman–Crippen LogP) is 3.70. The van der Waals surface area contributed by atoms with Gasteiger partial charge >= 0.3 is 0 Å². The lowest BCUT2D eigenvalue weighted by Crippen LogP contribution is -2.35. The maximum atomic E-state index is 12.8. The van der Waals surface area contributed by atoms with Gasteiger partial charge in [0, 0.05) is 42.1 Å². The van der Waals surface area contributed by atoms with Crippen LogP contribution in [0.4, 0.5) is 0 Å². The molecule has 1 aliphatic rings. The van der Waals surface area contributed by atoms with Crippen LogP contribution in [0.15, 0.2) is 52.6 Å². The molecule has 0 aromatic carbocycles. The fraction of sp³-hybridized carbons (Fsp3) is 0.316. The molecule has 1 atom stereocenters. The van der Waals surface area contributed by atoms with Gasteiger partial charge < -0.3 is 14.6 Å². The minimum atomic E-state index is -0.228. The Balaban J connectivity index is 1.52. The minimum absolute atomic E-state index is 0.0371. The number of amides is 1. The van der Waals surface area contributed by atoms with Crippen molar-refractivity contribution in [3.8, 4) is 11.3 Å². The predicted molar refractivity (Wildman–Crippen MR) is 97.8 cm³/mol. The molecule has 1 saturated heterocycles. The second-order valence-corrected chi connectivity index (χ2v) is 7.21. The summed E-state index contributed by atoms with van der Waals surface area (Å²) >= 11 is 1.66. The molecule has 134 valence electrons. The largest absolute Gasteiger partial charge is 0.381 e. The van der Waals surface area contributed by atoms with Crippen molar-refractivity contribution in [3.05, 3.63) is 58.7 Å². The fourth-order valence-electron chi connectivity index (χ4n) is 3.18. The zero-order chi connectivity index (χ0) is 17.8. The van der Waals surface area contributed by atoms with Crippen LogP contribution in [0.3, 0.4) is 0 Å². The number of pyridine rings is 1. The van der Waals surface area contributed by atoms with E-state index in [1.54, 1.807) is 29.8 Å². The van der Waals surface area contributed by atoms with Crippen LogP contribution in [0, 0.1) is 5.92 Å². The highest BCUT2D eigenvalue weighted by molar-refractivity contribution is 7.10. The zero-order valence-electron chi connectivity index (χ0n) is 14.1. The van der Waals surface area contributed by atoms with Crippen molar-refractivity contribution in [1.29, 1.82) is 0 Å². The van der Waals surface area contributed by atoms with E-state index in [-0.39, 0.29) is 17.6 Å². The van der Waals surface area contributed by atoms with Crippen molar-refractivity contribution >= 4 is 17.2 Å². The summed E-state index contributed by atoms with van der Waals surface area (Å²) in [6.07, 6.45) is 5.23. The first-order chi connectivity index (χ1) is 12.8. The number of carbonyl (C=O) groups excluding carboxylic acids is 1. The zero-order valence-corrected chi connectivity index (χ0v) is 14.9. The maximum Gasteiger partial charge on any atom is 0.274 e. The molecule has 6 nitrogen and oxygen atoms in total. The number of hydrogen-bond acceptors (Lipinski definition) is 6. The molecule has 1 N–H and O–H groups in total. The summed E-state index contributed by atoms with van der Waals surface area (Å²) in [5, 5.41) is 9.12. The average Bonchev–Trinajstić information content (AvgIpc) is 3.39. The molecule has 0 aliphatic carbocycles. The van der Waals surface area contributed by atoms with Crippen molar-refractivity contribution in [3.63, 3.8) is 0 Å². The van der Waals surface area contributed by atoms with Gasteiger partial charge in [-0.15, -0.1) is 11.3 Å². The van der Waals surface area contributed by atoms with Gasteiger partial charge in [0.2, 0.25) is 0 Å². The summed E-state index contributed by atoms with van der Waals surface area (Å²) in [7, 11) is 0. The van der Waals surface area contributed by atoms with Gasteiger partial charge in [-0.25, -0.2) is 0 Å². The highest BCUT2D eigenvalue weighted by Gasteiger charge is 2.28. The molecule has 0 radical (unpaired) electrons. The van der Waals surface area contributed by atoms with E-state index >= 15 is 0 Å². The van der Waals surface area contributed by atoms with Gasteiger partial charge in [-0.05, 0) is 42.3 Å². The van der Waals surface area contributed by atoms with Gasteiger partial charge in [-0.2, -0.15) is 0 Å². The molecule has 4 rings (SSSR count). The van der Waals surface area contributed by atoms with Gasteiger partial charge in [0.1, 0.15) is 0 Å². The van der Waals surface area contributed by atoms with Crippen molar-refractivity contribution < 1.29 is 14.1 Å². The summed E-state index contributed by atoms with van der Waals surface area (Å²) < 4.78 is 10.8. The van der Waals surface area contributed by atoms with Crippen molar-refractivity contribution in [1.82, 2.24) is 15.5 Å². The smallest absolute Gasteiger partial charge is 0.274 e. The lowest BCUT2D eigenvalue weighted by molar-refractivity contribution is 0.0517. The van der Waals surface area contributed by atoms with E-state index in [4.69, 9.17) is 9.26 Å². The van der Waals surface area contributed by atoms with Crippen LogP contribution in [-0.2, 0) is 4.74 Å². The van der Waals surface area contributed by atoms with E-state index in [9.17, 15) is 4.79 Å². The minimum Gasteiger partial charge on any atom is -0.381 e. The van der Waals surface area contributed by atoms with Gasteiger partial charge in [0.05, 0.1) is 6.04 Å². The highest BCUT2D eigenvalue weighted by atomic mass is 32.1. The van der Waals surface area contributed by atoms with Gasteiger partial charge in [-0.1, -0.05) is 11.2 Å². The second kappa shape index (κ2) is 7.80. The molecule has 1 unspecified atom stereocenters. The number of carbonyl (C=O) groups is 1. The van der Waals surface area contributed by atoms with Crippen LogP contribution in [0.25, 0.3) is 11.3 Å². The third kappa shape index (κ3) is 3.68. The van der Waals surface area contributed by atoms with E-state index in [1.807, 2.05) is 23.6 Å². The molecule has 0 bridgehead atoms. The lowest BCUT2D eigenvalue weighted by atomic mass is 9.90. The van der Waals surface area contributed by atoms with Gasteiger partial charge in [-0.3, -0.25) is 9.78 Å². The topological polar surface area (TPSA) is 77.2 Å². The summed E-state index contributed by atoms with van der Waals surface area (Å²) in [5.74, 6) is 0.659. The first-order valence-electron chi connectivity index (χ1n) is 8.60. The van der Waals surface area contributed by atoms with Crippen LogP contribution >= 0.6 is 11.3 Å². The molecule has 26 heavy (non-hydrogen) atoms. The Morgan fingerprint density at radius 3 is 2.88 bits per heavy atom. The standard InChI is InChI=1S/C19H19N3O3S/c23-19(15-11-16(25-22-15)14-3-1-7-20-12-14)21-18(17-4-2-10-26-17)13-5-8-24-9-6-13/h1-4,7,10-13,18H,5-6,8-9H2,(H,21,23). The van der Waals surface area contributed by atoms with Crippen LogP contribution in [0.5, 0.6) is 0 Å². The van der Waals surface area contributed by atoms with E-state index in [0.29, 0.717) is 11.7 Å². The fourth-order valence-corrected chi connectivity index (χ4v) is 4.05.